The number of aromatic nitrogens is 4. The molecule has 0 aliphatic carbocycles. The predicted molar refractivity (Wildman–Crippen MR) is 123 cm³/mol. The molecule has 0 aliphatic heterocycles. The quantitative estimate of drug-likeness (QED) is 0.451. The van der Waals surface area contributed by atoms with Crippen LogP contribution < -0.4 is 5.32 Å². The van der Waals surface area contributed by atoms with E-state index in [1.54, 1.807) is 17.1 Å². The molecule has 2 aromatic heterocycles. The third-order valence-corrected chi connectivity index (χ3v) is 5.58. The van der Waals surface area contributed by atoms with Gasteiger partial charge in [0.15, 0.2) is 6.04 Å². The lowest BCUT2D eigenvalue weighted by molar-refractivity contribution is -0.118. The molecule has 1 atom stereocenters. The number of nitrogens with zero attached hydrogens (tertiary/aromatic N) is 5. The maximum Gasteiger partial charge on any atom is 0.256 e. The van der Waals surface area contributed by atoms with E-state index in [4.69, 9.17) is 4.98 Å². The number of rotatable bonds is 9. The van der Waals surface area contributed by atoms with Crippen molar-refractivity contribution in [2.24, 2.45) is 0 Å². The first kappa shape index (κ1) is 20.8. The zero-order valence-corrected chi connectivity index (χ0v) is 18.0. The molecular formula is C24H28N6O. The Hall–Kier alpha value is -3.45. The zero-order chi connectivity index (χ0) is 21.6. The molecule has 4 rings (SSSR count). The molecule has 4 aromatic rings. The summed E-state index contributed by atoms with van der Waals surface area (Å²) in [6.07, 6.45) is 3.49. The number of nitrogens with one attached hydrogen (secondary N) is 1. The lowest BCUT2D eigenvalue weighted by Gasteiger charge is -2.20. The van der Waals surface area contributed by atoms with Gasteiger partial charge in [0.05, 0.1) is 11.0 Å². The van der Waals surface area contributed by atoms with E-state index in [0.717, 1.165) is 42.8 Å². The van der Waals surface area contributed by atoms with Gasteiger partial charge in [-0.2, -0.15) is 5.10 Å². The highest BCUT2D eigenvalue weighted by Gasteiger charge is 2.25. The van der Waals surface area contributed by atoms with E-state index in [1.165, 1.54) is 0 Å². The van der Waals surface area contributed by atoms with Crippen molar-refractivity contribution in [2.45, 2.75) is 26.4 Å². The Labute approximate surface area is 182 Å². The van der Waals surface area contributed by atoms with E-state index in [1.807, 2.05) is 60.7 Å². The van der Waals surface area contributed by atoms with Crippen LogP contribution in [0.2, 0.25) is 0 Å². The number of hydrogen-bond acceptors (Lipinski definition) is 4. The molecule has 2 aromatic carbocycles. The topological polar surface area (TPSA) is 68.0 Å². The molecule has 1 N–H and O–H groups in total. The smallest absolute Gasteiger partial charge is 0.256 e. The number of para-hydroxylation sites is 2. The average molecular weight is 417 g/mol. The maximum atomic E-state index is 13.5. The van der Waals surface area contributed by atoms with Crippen molar-refractivity contribution < 1.29 is 4.79 Å². The normalized spacial score (nSPS) is 12.4. The Morgan fingerprint density at radius 1 is 1.03 bits per heavy atom. The molecule has 0 spiro atoms. The highest BCUT2D eigenvalue weighted by Crippen LogP contribution is 2.23. The molecule has 0 aliphatic rings. The van der Waals surface area contributed by atoms with Gasteiger partial charge in [-0.1, -0.05) is 56.3 Å². The van der Waals surface area contributed by atoms with Crippen LogP contribution in [0, 0.1) is 0 Å². The van der Waals surface area contributed by atoms with E-state index in [-0.39, 0.29) is 5.91 Å². The Balaban J connectivity index is 1.66. The fourth-order valence-corrected chi connectivity index (χ4v) is 3.85. The first-order valence-corrected chi connectivity index (χ1v) is 10.7. The van der Waals surface area contributed by atoms with Gasteiger partial charge >= 0.3 is 0 Å². The minimum absolute atomic E-state index is 0.172. The standard InChI is InChI=1S/C24H28N6O/c1-3-28(4-2)17-18-29-21-14-9-8-13-20(21)26-24(29)27-23(31)22(30-16-10-15-25-30)19-11-6-5-7-12-19/h5-16,22H,3-4,17-18H2,1-2H3,(H,26,27,31). The molecular weight excluding hydrogens is 388 g/mol. The van der Waals surface area contributed by atoms with Gasteiger partial charge in [0.2, 0.25) is 5.95 Å². The van der Waals surface area contributed by atoms with E-state index >= 15 is 0 Å². The van der Waals surface area contributed by atoms with Gasteiger partial charge in [-0.3, -0.25) is 14.8 Å². The molecule has 2 heterocycles. The first-order chi connectivity index (χ1) is 15.2. The van der Waals surface area contributed by atoms with Crippen LogP contribution in [0.1, 0.15) is 25.5 Å². The summed E-state index contributed by atoms with van der Waals surface area (Å²) >= 11 is 0. The molecule has 1 amide bonds. The molecule has 7 heteroatoms. The molecule has 7 nitrogen and oxygen atoms in total. The number of benzene rings is 2. The minimum atomic E-state index is -0.577. The molecule has 0 radical (unpaired) electrons. The summed E-state index contributed by atoms with van der Waals surface area (Å²) in [5, 5.41) is 7.40. The van der Waals surface area contributed by atoms with Crippen LogP contribution in [-0.4, -0.2) is 49.8 Å². The summed E-state index contributed by atoms with van der Waals surface area (Å²) < 4.78 is 3.77. The fraction of sp³-hybridized carbons (Fsp3) is 0.292. The van der Waals surface area contributed by atoms with Crippen molar-refractivity contribution >= 4 is 22.9 Å². The number of likely N-dealkylation sites (N-methyl/N-ethyl adjacent to an activating group) is 1. The number of imidazole rings is 1. The summed E-state index contributed by atoms with van der Waals surface area (Å²) in [6.45, 7) is 7.92. The van der Waals surface area contributed by atoms with Gasteiger partial charge in [0.25, 0.3) is 5.91 Å². The number of carbonyl (C=O) groups is 1. The summed E-state index contributed by atoms with van der Waals surface area (Å²) in [5.41, 5.74) is 2.75. The van der Waals surface area contributed by atoms with Crippen LogP contribution in [0.3, 0.4) is 0 Å². The maximum absolute atomic E-state index is 13.5. The Bertz CT molecular complexity index is 1120. The number of hydrogen-bond donors (Lipinski definition) is 1. The molecule has 0 saturated carbocycles. The van der Waals surface area contributed by atoms with E-state index < -0.39 is 6.04 Å². The van der Waals surface area contributed by atoms with Crippen molar-refractivity contribution in [3.63, 3.8) is 0 Å². The van der Waals surface area contributed by atoms with Crippen molar-refractivity contribution in [3.8, 4) is 0 Å². The van der Waals surface area contributed by atoms with Crippen LogP contribution in [0.4, 0.5) is 5.95 Å². The molecule has 0 fully saturated rings. The van der Waals surface area contributed by atoms with E-state index in [0.29, 0.717) is 5.95 Å². The fourth-order valence-electron chi connectivity index (χ4n) is 3.85. The van der Waals surface area contributed by atoms with Gasteiger partial charge in [-0.25, -0.2) is 4.98 Å². The summed E-state index contributed by atoms with van der Waals surface area (Å²) in [7, 11) is 0. The van der Waals surface area contributed by atoms with E-state index in [9.17, 15) is 4.79 Å². The van der Waals surface area contributed by atoms with Gasteiger partial charge in [0.1, 0.15) is 0 Å². The van der Waals surface area contributed by atoms with E-state index in [2.05, 4.69) is 33.7 Å². The molecule has 0 saturated heterocycles. The molecule has 31 heavy (non-hydrogen) atoms. The molecule has 0 bridgehead atoms. The third-order valence-electron chi connectivity index (χ3n) is 5.58. The van der Waals surface area contributed by atoms with Crippen LogP contribution >= 0.6 is 0 Å². The minimum Gasteiger partial charge on any atom is -0.309 e. The van der Waals surface area contributed by atoms with Gasteiger partial charge in [0, 0.05) is 25.5 Å². The molecule has 160 valence electrons. The van der Waals surface area contributed by atoms with Gasteiger partial charge < -0.3 is 9.47 Å². The van der Waals surface area contributed by atoms with Crippen LogP contribution in [0.5, 0.6) is 0 Å². The van der Waals surface area contributed by atoms with Gasteiger partial charge in [-0.05, 0) is 36.9 Å². The second-order valence-electron chi connectivity index (χ2n) is 7.39. The van der Waals surface area contributed by atoms with Crippen molar-refractivity contribution in [1.82, 2.24) is 24.2 Å². The number of anilines is 1. The SMILES string of the molecule is CCN(CC)CCn1c(NC(=O)C(c2ccccc2)n2cccn2)nc2ccccc21. The summed E-state index contributed by atoms with van der Waals surface area (Å²) in [6, 6.07) is 18.9. The third kappa shape index (κ3) is 4.51. The van der Waals surface area contributed by atoms with Gasteiger partial charge in [-0.15, -0.1) is 0 Å². The average Bonchev–Trinajstić information content (AvgIpc) is 3.44. The highest BCUT2D eigenvalue weighted by atomic mass is 16.2. The zero-order valence-electron chi connectivity index (χ0n) is 18.0. The predicted octanol–water partition coefficient (Wildman–Crippen LogP) is 3.80. The second-order valence-corrected chi connectivity index (χ2v) is 7.39. The Kier molecular flexibility index (Phi) is 6.43. The van der Waals surface area contributed by atoms with Crippen LogP contribution in [0.25, 0.3) is 11.0 Å². The lowest BCUT2D eigenvalue weighted by Crippen LogP contribution is -2.30. The molecule has 1 unspecified atom stereocenters. The number of fused-ring (bicyclic) bond motifs is 1. The van der Waals surface area contributed by atoms with Crippen LogP contribution in [-0.2, 0) is 11.3 Å². The summed E-state index contributed by atoms with van der Waals surface area (Å²) in [5.74, 6) is 0.390. The highest BCUT2D eigenvalue weighted by molar-refractivity contribution is 5.96. The first-order valence-electron chi connectivity index (χ1n) is 10.7. The monoisotopic (exact) mass is 416 g/mol. The van der Waals surface area contributed by atoms with Crippen molar-refractivity contribution in [2.75, 3.05) is 25.0 Å². The number of carbonyl (C=O) groups excluding carboxylic acids is 1. The number of amides is 1. The lowest BCUT2D eigenvalue weighted by atomic mass is 10.1. The van der Waals surface area contributed by atoms with Crippen LogP contribution in [0.15, 0.2) is 73.1 Å². The largest absolute Gasteiger partial charge is 0.309 e. The van der Waals surface area contributed by atoms with Crippen molar-refractivity contribution in [1.29, 1.82) is 0 Å². The second kappa shape index (κ2) is 9.57. The Morgan fingerprint density at radius 2 is 1.77 bits per heavy atom. The van der Waals surface area contributed by atoms with Crippen molar-refractivity contribution in [3.05, 3.63) is 78.6 Å². The Morgan fingerprint density at radius 3 is 2.48 bits per heavy atom. The summed E-state index contributed by atoms with van der Waals surface area (Å²) in [4.78, 5) is 20.5.